The maximum Gasteiger partial charge on any atom is 0.387 e. The van der Waals surface area contributed by atoms with Crippen LogP contribution in [-0.2, 0) is 4.79 Å². The third-order valence-electron chi connectivity index (χ3n) is 3.62. The number of carboxylic acid groups (broad SMARTS) is 1. The van der Waals surface area contributed by atoms with Crippen LogP contribution in [0.25, 0.3) is 21.9 Å². The lowest BCUT2D eigenvalue weighted by atomic mass is 9.98. The minimum absolute atomic E-state index is 0.0361. The molecule has 0 spiro atoms. The molecule has 1 unspecified atom stereocenters. The molecule has 0 aliphatic heterocycles. The Morgan fingerprint density at radius 3 is 2.80 bits per heavy atom. The van der Waals surface area contributed by atoms with Gasteiger partial charge in [0.15, 0.2) is 16.9 Å². The van der Waals surface area contributed by atoms with Gasteiger partial charge in [0.2, 0.25) is 6.04 Å². The highest BCUT2D eigenvalue weighted by molar-refractivity contribution is 6.08. The molecule has 2 heterocycles. The summed E-state index contributed by atoms with van der Waals surface area (Å²) in [6, 6.07) is 2.22. The van der Waals surface area contributed by atoms with Gasteiger partial charge in [-0.2, -0.15) is 8.78 Å². The van der Waals surface area contributed by atoms with Crippen molar-refractivity contribution < 1.29 is 32.8 Å². The zero-order valence-electron chi connectivity index (χ0n) is 12.4. The first-order valence-electron chi connectivity index (χ1n) is 6.97. The summed E-state index contributed by atoms with van der Waals surface area (Å²) in [7, 11) is 0. The summed E-state index contributed by atoms with van der Waals surface area (Å²) in [6.45, 7) is -3.12. The number of halogens is 2. The minimum atomic E-state index is -3.12. The Morgan fingerprint density at radius 1 is 1.40 bits per heavy atom. The SMILES string of the molecule is O=C(O)CC(c1ccc(OC(F)F)c2oc3cnccc3c12)[N+](=O)[O-]. The van der Waals surface area contributed by atoms with Crippen LogP contribution in [0.3, 0.4) is 0 Å². The summed E-state index contributed by atoms with van der Waals surface area (Å²) < 4.78 is 35.1. The Bertz CT molecular complexity index is 971. The Hall–Kier alpha value is -3.30. The van der Waals surface area contributed by atoms with E-state index in [1.807, 2.05) is 0 Å². The number of pyridine rings is 1. The molecule has 3 aromatic rings. The van der Waals surface area contributed by atoms with E-state index in [9.17, 15) is 23.7 Å². The van der Waals surface area contributed by atoms with Crippen LogP contribution in [0.15, 0.2) is 35.0 Å². The van der Waals surface area contributed by atoms with Gasteiger partial charge in [-0.1, -0.05) is 0 Å². The average molecular weight is 352 g/mol. The predicted octanol–water partition coefficient (Wildman–Crippen LogP) is 3.37. The predicted molar refractivity (Wildman–Crippen MR) is 80.1 cm³/mol. The fraction of sp³-hybridized carbons (Fsp3) is 0.200. The number of ether oxygens (including phenoxy) is 1. The van der Waals surface area contributed by atoms with Gasteiger partial charge in [0.1, 0.15) is 6.42 Å². The summed E-state index contributed by atoms with van der Waals surface area (Å²) >= 11 is 0. The number of carboxylic acids is 1. The fourth-order valence-corrected chi connectivity index (χ4v) is 2.67. The van der Waals surface area contributed by atoms with Crippen LogP contribution in [0.4, 0.5) is 8.78 Å². The van der Waals surface area contributed by atoms with E-state index in [4.69, 9.17) is 9.52 Å². The van der Waals surface area contributed by atoms with Crippen LogP contribution in [0, 0.1) is 10.1 Å². The van der Waals surface area contributed by atoms with Crippen molar-refractivity contribution in [3.8, 4) is 5.75 Å². The minimum Gasteiger partial charge on any atom is -0.481 e. The van der Waals surface area contributed by atoms with Crippen molar-refractivity contribution in [3.63, 3.8) is 0 Å². The van der Waals surface area contributed by atoms with Crippen molar-refractivity contribution in [2.24, 2.45) is 0 Å². The first kappa shape index (κ1) is 16.6. The standard InChI is InChI=1S/C15H10F2N2O6/c16-15(17)25-10-2-1-7(9(19(22)23)5-12(20)21)13-8-3-4-18-6-11(8)24-14(10)13/h1-4,6,9,15H,5H2,(H,20,21). The fourth-order valence-electron chi connectivity index (χ4n) is 2.67. The second-order valence-electron chi connectivity index (χ2n) is 5.11. The number of hydrogen-bond donors (Lipinski definition) is 1. The van der Waals surface area contributed by atoms with Gasteiger partial charge in [-0.05, 0) is 18.2 Å². The molecular formula is C15H10F2N2O6. The lowest BCUT2D eigenvalue weighted by molar-refractivity contribution is -0.527. The molecule has 0 aliphatic rings. The molecule has 0 aliphatic carbocycles. The highest BCUT2D eigenvalue weighted by Crippen LogP contribution is 2.40. The molecule has 0 radical (unpaired) electrons. The maximum absolute atomic E-state index is 12.6. The van der Waals surface area contributed by atoms with Crippen LogP contribution in [0.1, 0.15) is 18.0 Å². The Kier molecular flexibility index (Phi) is 4.17. The zero-order valence-corrected chi connectivity index (χ0v) is 12.4. The Balaban J connectivity index is 2.32. The van der Waals surface area contributed by atoms with E-state index >= 15 is 0 Å². The molecule has 1 atom stereocenters. The van der Waals surface area contributed by atoms with E-state index in [1.54, 1.807) is 0 Å². The largest absolute Gasteiger partial charge is 0.481 e. The summed E-state index contributed by atoms with van der Waals surface area (Å²) in [5.74, 6) is -1.67. The van der Waals surface area contributed by atoms with Gasteiger partial charge in [-0.15, -0.1) is 0 Å². The van der Waals surface area contributed by atoms with Crippen LogP contribution in [0.5, 0.6) is 5.75 Å². The number of alkyl halides is 2. The number of benzene rings is 1. The van der Waals surface area contributed by atoms with Gasteiger partial charge >= 0.3 is 12.6 Å². The third-order valence-corrected chi connectivity index (χ3v) is 3.62. The molecule has 130 valence electrons. The molecule has 0 saturated heterocycles. The molecule has 8 nitrogen and oxygen atoms in total. The number of aliphatic carboxylic acids is 1. The number of nitrogens with zero attached hydrogens (tertiary/aromatic N) is 2. The molecular weight excluding hydrogens is 342 g/mol. The molecule has 2 aromatic heterocycles. The number of fused-ring (bicyclic) bond motifs is 3. The van der Waals surface area contributed by atoms with Crippen molar-refractivity contribution in [1.29, 1.82) is 0 Å². The molecule has 0 fully saturated rings. The van der Waals surface area contributed by atoms with Gasteiger partial charge in [-0.25, -0.2) is 0 Å². The highest BCUT2D eigenvalue weighted by atomic mass is 19.3. The molecule has 0 saturated carbocycles. The van der Waals surface area contributed by atoms with Crippen molar-refractivity contribution in [2.45, 2.75) is 19.1 Å². The van der Waals surface area contributed by atoms with Gasteiger partial charge in [0, 0.05) is 27.5 Å². The lowest BCUT2D eigenvalue weighted by Crippen LogP contribution is -2.15. The van der Waals surface area contributed by atoms with Crippen molar-refractivity contribution in [3.05, 3.63) is 46.3 Å². The maximum atomic E-state index is 12.6. The zero-order chi connectivity index (χ0) is 18.1. The smallest absolute Gasteiger partial charge is 0.387 e. The summed E-state index contributed by atoms with van der Waals surface area (Å²) in [5.41, 5.74) is 0.119. The van der Waals surface area contributed by atoms with Crippen molar-refractivity contribution >= 4 is 27.9 Å². The topological polar surface area (TPSA) is 116 Å². The van der Waals surface area contributed by atoms with E-state index in [-0.39, 0.29) is 27.9 Å². The molecule has 1 N–H and O–H groups in total. The molecule has 0 amide bonds. The van der Waals surface area contributed by atoms with E-state index in [2.05, 4.69) is 9.72 Å². The Labute approximate surface area is 137 Å². The average Bonchev–Trinajstić information content (AvgIpc) is 2.92. The molecule has 3 rings (SSSR count). The monoisotopic (exact) mass is 352 g/mol. The van der Waals surface area contributed by atoms with Gasteiger partial charge in [0.05, 0.1) is 6.20 Å². The van der Waals surface area contributed by atoms with Gasteiger partial charge in [0.25, 0.3) is 0 Å². The van der Waals surface area contributed by atoms with E-state index in [1.165, 1.54) is 24.5 Å². The van der Waals surface area contributed by atoms with E-state index < -0.39 is 30.0 Å². The summed E-state index contributed by atoms with van der Waals surface area (Å²) in [6.07, 6.45) is 1.96. The molecule has 25 heavy (non-hydrogen) atoms. The third kappa shape index (κ3) is 3.05. The van der Waals surface area contributed by atoms with Crippen molar-refractivity contribution in [2.75, 3.05) is 0 Å². The van der Waals surface area contributed by atoms with Crippen molar-refractivity contribution in [1.82, 2.24) is 4.98 Å². The van der Waals surface area contributed by atoms with Crippen LogP contribution < -0.4 is 4.74 Å². The lowest BCUT2D eigenvalue weighted by Gasteiger charge is -2.11. The number of rotatable bonds is 6. The first-order valence-corrected chi connectivity index (χ1v) is 6.97. The van der Waals surface area contributed by atoms with E-state index in [0.29, 0.717) is 5.39 Å². The second kappa shape index (κ2) is 6.30. The van der Waals surface area contributed by atoms with Gasteiger partial charge in [-0.3, -0.25) is 19.9 Å². The number of carbonyl (C=O) groups is 1. The number of aromatic nitrogens is 1. The van der Waals surface area contributed by atoms with Crippen LogP contribution in [-0.4, -0.2) is 27.6 Å². The number of nitro groups is 1. The first-order chi connectivity index (χ1) is 11.9. The van der Waals surface area contributed by atoms with Gasteiger partial charge < -0.3 is 14.3 Å². The quantitative estimate of drug-likeness (QED) is 0.534. The molecule has 10 heteroatoms. The summed E-state index contributed by atoms with van der Waals surface area (Å²) in [5, 5.41) is 20.8. The number of hydrogen-bond acceptors (Lipinski definition) is 6. The second-order valence-corrected chi connectivity index (χ2v) is 5.11. The molecule has 0 bridgehead atoms. The normalized spacial score (nSPS) is 12.6. The highest BCUT2D eigenvalue weighted by Gasteiger charge is 2.31. The number of furan rings is 1. The molecule has 1 aromatic carbocycles. The van der Waals surface area contributed by atoms with E-state index in [0.717, 1.165) is 6.07 Å². The van der Waals surface area contributed by atoms with Crippen LogP contribution in [0.2, 0.25) is 0 Å². The summed E-state index contributed by atoms with van der Waals surface area (Å²) in [4.78, 5) is 25.4. The Morgan fingerprint density at radius 2 is 2.16 bits per heavy atom. The van der Waals surface area contributed by atoms with Crippen LogP contribution >= 0.6 is 0 Å².